The van der Waals surface area contributed by atoms with Crippen molar-refractivity contribution in [2.45, 2.75) is 0 Å². The monoisotopic (exact) mass is 288 g/mol. The number of anilines is 2. The van der Waals surface area contributed by atoms with E-state index in [4.69, 9.17) is 0 Å². The van der Waals surface area contributed by atoms with Crippen molar-refractivity contribution in [2.75, 3.05) is 5.32 Å². The molecular weight excluding hydrogens is 280 g/mol. The predicted molar refractivity (Wildman–Crippen MR) is 70.4 cm³/mol. The lowest BCUT2D eigenvalue weighted by molar-refractivity contribution is 1.11. The highest BCUT2D eigenvalue weighted by Gasteiger charge is 2.04. The predicted octanol–water partition coefficient (Wildman–Crippen LogP) is 3.24. The van der Waals surface area contributed by atoms with Crippen molar-refractivity contribution in [2.24, 2.45) is 0 Å². The number of hydrogen-bond donors (Lipinski definition) is 1. The second-order valence-corrected chi connectivity index (χ2v) is 4.50. The van der Waals surface area contributed by atoms with Gasteiger partial charge in [-0.3, -0.25) is 4.40 Å². The number of pyridine rings is 1. The van der Waals surface area contributed by atoms with Crippen LogP contribution in [0, 0.1) is 0 Å². The van der Waals surface area contributed by atoms with Crippen LogP contribution in [0.2, 0.25) is 0 Å². The van der Waals surface area contributed by atoms with E-state index in [0.29, 0.717) is 5.95 Å². The Bertz CT molecular complexity index is 662. The van der Waals surface area contributed by atoms with Crippen molar-refractivity contribution in [1.82, 2.24) is 14.6 Å². The first-order valence-electron chi connectivity index (χ1n) is 5.15. The molecule has 0 saturated carbocycles. The zero-order valence-corrected chi connectivity index (χ0v) is 10.4. The van der Waals surface area contributed by atoms with Gasteiger partial charge in [0, 0.05) is 16.4 Å². The Morgan fingerprint density at radius 3 is 2.88 bits per heavy atom. The molecule has 0 aliphatic heterocycles. The van der Waals surface area contributed by atoms with E-state index < -0.39 is 0 Å². The van der Waals surface area contributed by atoms with E-state index in [-0.39, 0.29) is 0 Å². The van der Waals surface area contributed by atoms with Crippen LogP contribution in [0.3, 0.4) is 0 Å². The van der Waals surface area contributed by atoms with Crippen LogP contribution < -0.4 is 5.32 Å². The molecule has 0 bridgehead atoms. The van der Waals surface area contributed by atoms with Crippen molar-refractivity contribution in [3.63, 3.8) is 0 Å². The summed E-state index contributed by atoms with van der Waals surface area (Å²) in [5.74, 6) is 0.707. The summed E-state index contributed by atoms with van der Waals surface area (Å²) in [7, 11) is 0. The van der Waals surface area contributed by atoms with Crippen LogP contribution in [0.5, 0.6) is 0 Å². The molecular formula is C12H9BrN4. The van der Waals surface area contributed by atoms with Gasteiger partial charge in [-0.2, -0.15) is 0 Å². The van der Waals surface area contributed by atoms with Gasteiger partial charge in [-0.1, -0.05) is 28.1 Å². The number of rotatable bonds is 2. The standard InChI is InChI=1S/C12H9BrN4/c13-9-4-3-5-10(8-9)14-12-16-15-11-6-1-2-7-17(11)12/h1-8H,(H,14,16). The molecule has 0 aliphatic rings. The molecule has 0 amide bonds. The number of halogens is 1. The Balaban J connectivity index is 2.00. The van der Waals surface area contributed by atoms with Crippen molar-refractivity contribution in [1.29, 1.82) is 0 Å². The van der Waals surface area contributed by atoms with Crippen molar-refractivity contribution < 1.29 is 0 Å². The molecule has 5 heteroatoms. The Morgan fingerprint density at radius 1 is 1.06 bits per heavy atom. The minimum absolute atomic E-state index is 0.707. The third kappa shape index (κ3) is 2.01. The van der Waals surface area contributed by atoms with Crippen molar-refractivity contribution in [3.8, 4) is 0 Å². The van der Waals surface area contributed by atoms with Crippen LogP contribution >= 0.6 is 15.9 Å². The molecule has 0 radical (unpaired) electrons. The average Bonchev–Trinajstić information content (AvgIpc) is 2.73. The number of nitrogens with zero attached hydrogens (tertiary/aromatic N) is 3. The van der Waals surface area contributed by atoms with Gasteiger partial charge in [0.15, 0.2) is 5.65 Å². The van der Waals surface area contributed by atoms with Crippen LogP contribution in [0.15, 0.2) is 53.1 Å². The van der Waals surface area contributed by atoms with Crippen molar-refractivity contribution >= 4 is 33.2 Å². The number of nitrogens with one attached hydrogen (secondary N) is 1. The number of hydrogen-bond acceptors (Lipinski definition) is 3. The Labute approximate surface area is 106 Å². The summed E-state index contributed by atoms with van der Waals surface area (Å²) in [5.41, 5.74) is 1.79. The lowest BCUT2D eigenvalue weighted by Crippen LogP contribution is -1.96. The molecule has 0 unspecified atom stereocenters. The highest BCUT2D eigenvalue weighted by molar-refractivity contribution is 9.10. The van der Waals surface area contributed by atoms with Gasteiger partial charge in [-0.15, -0.1) is 10.2 Å². The van der Waals surface area contributed by atoms with Crippen LogP contribution in [0.25, 0.3) is 5.65 Å². The van der Waals surface area contributed by atoms with Crippen LogP contribution in [0.1, 0.15) is 0 Å². The van der Waals surface area contributed by atoms with E-state index in [1.54, 1.807) is 0 Å². The summed E-state index contributed by atoms with van der Waals surface area (Å²) >= 11 is 3.43. The van der Waals surface area contributed by atoms with Crippen LogP contribution in [-0.4, -0.2) is 14.6 Å². The van der Waals surface area contributed by atoms with Crippen molar-refractivity contribution in [3.05, 3.63) is 53.1 Å². The second-order valence-electron chi connectivity index (χ2n) is 3.59. The van der Waals surface area contributed by atoms with Gasteiger partial charge in [0.1, 0.15) is 0 Å². The fourth-order valence-electron chi connectivity index (χ4n) is 1.62. The molecule has 1 N–H and O–H groups in total. The Hall–Kier alpha value is -1.88. The molecule has 0 spiro atoms. The molecule has 4 nitrogen and oxygen atoms in total. The number of benzene rings is 1. The first-order chi connectivity index (χ1) is 8.33. The smallest absolute Gasteiger partial charge is 0.233 e. The van der Waals surface area contributed by atoms with E-state index in [2.05, 4.69) is 31.4 Å². The Morgan fingerprint density at radius 2 is 2.00 bits per heavy atom. The zero-order chi connectivity index (χ0) is 11.7. The maximum absolute atomic E-state index is 4.11. The highest BCUT2D eigenvalue weighted by atomic mass is 79.9. The van der Waals surface area contributed by atoms with E-state index in [1.807, 2.05) is 53.1 Å². The summed E-state index contributed by atoms with van der Waals surface area (Å²) in [4.78, 5) is 0. The average molecular weight is 289 g/mol. The van der Waals surface area contributed by atoms with E-state index in [9.17, 15) is 0 Å². The summed E-state index contributed by atoms with van der Waals surface area (Å²) in [6.45, 7) is 0. The minimum atomic E-state index is 0.707. The van der Waals surface area contributed by atoms with E-state index in [0.717, 1.165) is 15.8 Å². The topological polar surface area (TPSA) is 42.2 Å². The van der Waals surface area contributed by atoms with Crippen LogP contribution in [-0.2, 0) is 0 Å². The first-order valence-corrected chi connectivity index (χ1v) is 5.94. The first kappa shape index (κ1) is 10.3. The normalized spacial score (nSPS) is 10.6. The minimum Gasteiger partial charge on any atom is -0.324 e. The Kier molecular flexibility index (Phi) is 2.53. The molecule has 0 saturated heterocycles. The fraction of sp³-hybridized carbons (Fsp3) is 0. The maximum Gasteiger partial charge on any atom is 0.233 e. The van der Waals surface area contributed by atoms with E-state index >= 15 is 0 Å². The number of aromatic nitrogens is 3. The lowest BCUT2D eigenvalue weighted by Gasteiger charge is -2.04. The summed E-state index contributed by atoms with van der Waals surface area (Å²) in [6, 6.07) is 13.7. The molecule has 3 rings (SSSR count). The zero-order valence-electron chi connectivity index (χ0n) is 8.84. The van der Waals surface area contributed by atoms with E-state index in [1.165, 1.54) is 0 Å². The quantitative estimate of drug-likeness (QED) is 0.787. The molecule has 17 heavy (non-hydrogen) atoms. The molecule has 2 heterocycles. The molecule has 0 aliphatic carbocycles. The summed E-state index contributed by atoms with van der Waals surface area (Å²) < 4.78 is 2.93. The molecule has 84 valence electrons. The molecule has 0 fully saturated rings. The van der Waals surface area contributed by atoms with Gasteiger partial charge in [0.2, 0.25) is 5.95 Å². The van der Waals surface area contributed by atoms with Gasteiger partial charge in [-0.25, -0.2) is 0 Å². The number of fused-ring (bicyclic) bond motifs is 1. The molecule has 2 aromatic heterocycles. The summed E-state index contributed by atoms with van der Waals surface area (Å²) in [6.07, 6.45) is 1.93. The summed E-state index contributed by atoms with van der Waals surface area (Å²) in [5, 5.41) is 11.4. The molecule has 3 aromatic rings. The largest absolute Gasteiger partial charge is 0.324 e. The molecule has 1 aromatic carbocycles. The second kappa shape index (κ2) is 4.18. The van der Waals surface area contributed by atoms with Crippen LogP contribution in [0.4, 0.5) is 11.6 Å². The lowest BCUT2D eigenvalue weighted by atomic mass is 10.3. The van der Waals surface area contributed by atoms with Gasteiger partial charge in [0.05, 0.1) is 0 Å². The van der Waals surface area contributed by atoms with Gasteiger partial charge < -0.3 is 5.32 Å². The SMILES string of the molecule is Brc1cccc(Nc2nnc3ccccn23)c1. The van der Waals surface area contributed by atoms with Gasteiger partial charge >= 0.3 is 0 Å². The highest BCUT2D eigenvalue weighted by Crippen LogP contribution is 2.19. The maximum atomic E-state index is 4.11. The third-order valence-corrected chi connectivity index (χ3v) is 2.89. The fourth-order valence-corrected chi connectivity index (χ4v) is 2.02. The van der Waals surface area contributed by atoms with Gasteiger partial charge in [-0.05, 0) is 30.3 Å². The van der Waals surface area contributed by atoms with Gasteiger partial charge in [0.25, 0.3) is 0 Å². The third-order valence-electron chi connectivity index (χ3n) is 2.39. The molecule has 0 atom stereocenters.